The number of benzene rings is 1. The molecule has 1 N–H and O–H groups in total. The van der Waals surface area contributed by atoms with Crippen LogP contribution in [0.3, 0.4) is 0 Å². The van der Waals surface area contributed by atoms with Gasteiger partial charge in [0.05, 0.1) is 6.33 Å². The van der Waals surface area contributed by atoms with E-state index in [9.17, 15) is 14.4 Å². The molecular weight excluding hydrogens is 334 g/mol. The molecule has 4 rings (SSSR count). The van der Waals surface area contributed by atoms with Crippen LogP contribution in [0.5, 0.6) is 0 Å². The van der Waals surface area contributed by atoms with E-state index >= 15 is 0 Å². The van der Waals surface area contributed by atoms with Gasteiger partial charge in [-0.05, 0) is 18.4 Å². The summed E-state index contributed by atoms with van der Waals surface area (Å²) in [5, 5.41) is 3.00. The number of carbonyl (C=O) groups is 1. The van der Waals surface area contributed by atoms with Crippen molar-refractivity contribution in [3.8, 4) is 0 Å². The average molecular weight is 353 g/mol. The smallest absolute Gasteiger partial charge is 0.332 e. The molecule has 2 heterocycles. The van der Waals surface area contributed by atoms with E-state index in [1.54, 1.807) is 11.6 Å². The van der Waals surface area contributed by atoms with Crippen LogP contribution in [-0.2, 0) is 18.9 Å². The third-order valence-electron chi connectivity index (χ3n) is 4.74. The van der Waals surface area contributed by atoms with Gasteiger partial charge in [0, 0.05) is 20.1 Å². The molecule has 1 saturated carbocycles. The molecule has 1 fully saturated rings. The van der Waals surface area contributed by atoms with Gasteiger partial charge in [-0.1, -0.05) is 30.3 Å². The fourth-order valence-corrected chi connectivity index (χ4v) is 3.14. The fraction of sp³-hybridized carbons (Fsp3) is 0.333. The molecule has 0 saturated heterocycles. The minimum atomic E-state index is -0.730. The number of nitrogens with one attached hydrogen (secondary N) is 1. The first-order valence-electron chi connectivity index (χ1n) is 8.47. The summed E-state index contributed by atoms with van der Waals surface area (Å²) in [5.41, 5.74) is 0.320. The molecule has 1 aliphatic rings. The van der Waals surface area contributed by atoms with Crippen LogP contribution < -0.4 is 16.6 Å². The maximum absolute atomic E-state index is 12.9. The number of fused-ring (bicyclic) bond motifs is 1. The topological polar surface area (TPSA) is 90.9 Å². The second-order valence-corrected chi connectivity index (χ2v) is 6.63. The molecule has 0 bridgehead atoms. The monoisotopic (exact) mass is 353 g/mol. The van der Waals surface area contributed by atoms with E-state index in [1.807, 2.05) is 30.3 Å². The molecular formula is C18H19N5O3. The first-order valence-corrected chi connectivity index (χ1v) is 8.47. The van der Waals surface area contributed by atoms with Gasteiger partial charge in [-0.2, -0.15) is 0 Å². The zero-order chi connectivity index (χ0) is 18.4. The van der Waals surface area contributed by atoms with E-state index in [2.05, 4.69) is 10.3 Å². The molecule has 1 unspecified atom stereocenters. The number of carbonyl (C=O) groups excluding carboxylic acids is 1. The van der Waals surface area contributed by atoms with Crippen LogP contribution >= 0.6 is 0 Å². The number of amides is 1. The highest BCUT2D eigenvalue weighted by molar-refractivity contribution is 5.86. The molecule has 1 amide bonds. The number of aryl methyl sites for hydroxylation is 1. The minimum absolute atomic E-state index is 0.186. The van der Waals surface area contributed by atoms with E-state index in [1.165, 1.54) is 17.9 Å². The van der Waals surface area contributed by atoms with Gasteiger partial charge >= 0.3 is 5.69 Å². The van der Waals surface area contributed by atoms with Gasteiger partial charge < -0.3 is 9.88 Å². The number of hydrogen-bond acceptors (Lipinski definition) is 4. The minimum Gasteiger partial charge on any atom is -0.351 e. The Bertz CT molecular complexity index is 1110. The summed E-state index contributed by atoms with van der Waals surface area (Å²) in [6.07, 6.45) is 3.39. The molecule has 1 aliphatic carbocycles. The lowest BCUT2D eigenvalue weighted by molar-refractivity contribution is -0.123. The van der Waals surface area contributed by atoms with Crippen LogP contribution in [0.1, 0.15) is 24.4 Å². The maximum atomic E-state index is 12.9. The molecule has 0 aliphatic heterocycles. The predicted octanol–water partition coefficient (Wildman–Crippen LogP) is 0.302. The highest BCUT2D eigenvalue weighted by atomic mass is 16.2. The van der Waals surface area contributed by atoms with Crippen LogP contribution in [-0.4, -0.2) is 30.6 Å². The van der Waals surface area contributed by atoms with Gasteiger partial charge in [-0.15, -0.1) is 0 Å². The van der Waals surface area contributed by atoms with Crippen molar-refractivity contribution in [2.45, 2.75) is 24.9 Å². The molecule has 1 atom stereocenters. The summed E-state index contributed by atoms with van der Waals surface area (Å²) >= 11 is 0. The highest BCUT2D eigenvalue weighted by Crippen LogP contribution is 2.25. The van der Waals surface area contributed by atoms with Crippen molar-refractivity contribution >= 4 is 17.1 Å². The van der Waals surface area contributed by atoms with E-state index < -0.39 is 17.3 Å². The highest BCUT2D eigenvalue weighted by Gasteiger charge is 2.31. The van der Waals surface area contributed by atoms with Gasteiger partial charge in [0.1, 0.15) is 6.04 Å². The molecule has 3 aromatic rings. The molecule has 8 heteroatoms. The summed E-state index contributed by atoms with van der Waals surface area (Å²) < 4.78 is 3.90. The van der Waals surface area contributed by atoms with Crippen LogP contribution in [0.15, 0.2) is 46.2 Å². The van der Waals surface area contributed by atoms with Crippen LogP contribution in [0, 0.1) is 0 Å². The van der Waals surface area contributed by atoms with Crippen molar-refractivity contribution in [3.63, 3.8) is 0 Å². The van der Waals surface area contributed by atoms with Crippen LogP contribution in [0.4, 0.5) is 0 Å². The molecule has 1 aromatic carbocycles. The van der Waals surface area contributed by atoms with E-state index in [4.69, 9.17) is 0 Å². The summed E-state index contributed by atoms with van der Waals surface area (Å²) in [4.78, 5) is 42.1. The van der Waals surface area contributed by atoms with Gasteiger partial charge in [0.15, 0.2) is 11.2 Å². The van der Waals surface area contributed by atoms with E-state index in [0.717, 1.165) is 23.0 Å². The lowest BCUT2D eigenvalue weighted by atomic mass is 10.1. The zero-order valence-electron chi connectivity index (χ0n) is 14.5. The van der Waals surface area contributed by atoms with Crippen molar-refractivity contribution < 1.29 is 4.79 Å². The Morgan fingerprint density at radius 2 is 1.85 bits per heavy atom. The van der Waals surface area contributed by atoms with Gasteiger partial charge in [-0.25, -0.2) is 9.78 Å². The van der Waals surface area contributed by atoms with E-state index in [-0.39, 0.29) is 23.1 Å². The summed E-state index contributed by atoms with van der Waals surface area (Å²) in [6.45, 7) is 0. The first-order chi connectivity index (χ1) is 12.5. The molecule has 134 valence electrons. The molecule has 26 heavy (non-hydrogen) atoms. The molecule has 0 radical (unpaired) electrons. The Labute approximate surface area is 148 Å². The molecule has 8 nitrogen and oxygen atoms in total. The summed E-state index contributed by atoms with van der Waals surface area (Å²) in [5.74, 6) is -0.186. The Hall–Kier alpha value is -3.16. The standard InChI is InChI=1S/C18H19N5O3/c1-21-15-14(17(25)22(2)18(21)26)23(10-19-15)13(11-6-4-3-5-7-11)16(24)20-12-8-9-12/h3-7,10,12-13H,8-9H2,1-2H3,(H,20,24). The van der Waals surface area contributed by atoms with Crippen molar-refractivity contribution in [3.05, 3.63) is 63.1 Å². The van der Waals surface area contributed by atoms with Gasteiger partial charge in [0.25, 0.3) is 5.56 Å². The average Bonchev–Trinajstić information content (AvgIpc) is 3.35. The van der Waals surface area contributed by atoms with Gasteiger partial charge in [-0.3, -0.25) is 18.7 Å². The SMILES string of the molecule is Cn1c(=O)c2c(ncn2C(C(=O)NC2CC2)c2ccccc2)n(C)c1=O. The molecule has 0 spiro atoms. The second kappa shape index (κ2) is 5.98. The number of rotatable bonds is 4. The van der Waals surface area contributed by atoms with Crippen LogP contribution in [0.2, 0.25) is 0 Å². The second-order valence-electron chi connectivity index (χ2n) is 6.63. The predicted molar refractivity (Wildman–Crippen MR) is 96.0 cm³/mol. The van der Waals surface area contributed by atoms with Crippen molar-refractivity contribution in [1.29, 1.82) is 0 Å². The Morgan fingerprint density at radius 3 is 2.50 bits per heavy atom. The van der Waals surface area contributed by atoms with Crippen molar-refractivity contribution in [2.75, 3.05) is 0 Å². The lowest BCUT2D eigenvalue weighted by Gasteiger charge is -2.19. The Balaban J connectivity index is 1.95. The Kier molecular flexibility index (Phi) is 3.75. The third kappa shape index (κ3) is 2.54. The molecule has 2 aromatic heterocycles. The number of aromatic nitrogens is 4. The summed E-state index contributed by atoms with van der Waals surface area (Å²) in [6, 6.07) is 8.71. The largest absolute Gasteiger partial charge is 0.351 e. The fourth-order valence-electron chi connectivity index (χ4n) is 3.14. The van der Waals surface area contributed by atoms with Crippen molar-refractivity contribution in [1.82, 2.24) is 24.0 Å². The van der Waals surface area contributed by atoms with Crippen molar-refractivity contribution in [2.24, 2.45) is 14.1 Å². The summed E-state index contributed by atoms with van der Waals surface area (Å²) in [7, 11) is 2.98. The quantitative estimate of drug-likeness (QED) is 0.730. The Morgan fingerprint density at radius 1 is 1.15 bits per heavy atom. The zero-order valence-corrected chi connectivity index (χ0v) is 14.5. The van der Waals surface area contributed by atoms with E-state index in [0.29, 0.717) is 0 Å². The normalized spacial score (nSPS) is 15.2. The first kappa shape index (κ1) is 16.3. The third-order valence-corrected chi connectivity index (χ3v) is 4.74. The number of hydrogen-bond donors (Lipinski definition) is 1. The number of imidazole rings is 1. The maximum Gasteiger partial charge on any atom is 0.332 e. The lowest BCUT2D eigenvalue weighted by Crippen LogP contribution is -2.39. The van der Waals surface area contributed by atoms with Crippen LogP contribution in [0.25, 0.3) is 11.2 Å². The van der Waals surface area contributed by atoms with Gasteiger partial charge in [0.2, 0.25) is 5.91 Å². The number of nitrogens with zero attached hydrogens (tertiary/aromatic N) is 4.